The molecule has 5 aromatic rings. The number of nitrogens with zero attached hydrogens (tertiary/aromatic N) is 3. The Hall–Kier alpha value is -3.99. The highest BCUT2D eigenvalue weighted by atomic mass is 16.1. The standard InChI is InChI=1S/C23H16N4O/c28-22-20-15-19(10-11-21(20)25-23(26-22)27-13-5-12-24-27)18-9-4-8-17(14-18)16-6-2-1-3-7-16/h1-15H,(H,25,26,28). The quantitative estimate of drug-likeness (QED) is 0.515. The lowest BCUT2D eigenvalue weighted by Gasteiger charge is -2.08. The fourth-order valence-electron chi connectivity index (χ4n) is 3.32. The van der Waals surface area contributed by atoms with Crippen LogP contribution < -0.4 is 5.56 Å². The third-order valence-electron chi connectivity index (χ3n) is 4.72. The minimum absolute atomic E-state index is 0.184. The van der Waals surface area contributed by atoms with E-state index in [1.54, 1.807) is 18.5 Å². The van der Waals surface area contributed by atoms with Gasteiger partial charge in [-0.3, -0.25) is 9.78 Å². The molecule has 0 aliphatic carbocycles. The second kappa shape index (κ2) is 6.63. The Bertz CT molecular complexity index is 1320. The third kappa shape index (κ3) is 2.89. The first kappa shape index (κ1) is 16.2. The van der Waals surface area contributed by atoms with Gasteiger partial charge < -0.3 is 0 Å². The van der Waals surface area contributed by atoms with Crippen LogP contribution in [0, 0.1) is 0 Å². The van der Waals surface area contributed by atoms with Crippen molar-refractivity contribution in [3.63, 3.8) is 0 Å². The Labute approximate surface area is 160 Å². The number of nitrogens with one attached hydrogen (secondary N) is 1. The first-order valence-corrected chi connectivity index (χ1v) is 8.98. The van der Waals surface area contributed by atoms with Crippen LogP contribution in [0.25, 0.3) is 39.1 Å². The van der Waals surface area contributed by atoms with Gasteiger partial charge in [-0.15, -0.1) is 0 Å². The fourth-order valence-corrected chi connectivity index (χ4v) is 3.32. The first-order valence-electron chi connectivity index (χ1n) is 8.98. The highest BCUT2D eigenvalue weighted by Crippen LogP contribution is 2.27. The van der Waals surface area contributed by atoms with E-state index in [0.29, 0.717) is 16.9 Å². The average molecular weight is 364 g/mol. The number of aromatic nitrogens is 4. The predicted octanol–water partition coefficient (Wildman–Crippen LogP) is 4.44. The number of aromatic amines is 1. The van der Waals surface area contributed by atoms with Crippen LogP contribution in [0.1, 0.15) is 0 Å². The fraction of sp³-hybridized carbons (Fsp3) is 0. The van der Waals surface area contributed by atoms with Gasteiger partial charge in [-0.1, -0.05) is 54.6 Å². The molecule has 0 aliphatic rings. The Morgan fingerprint density at radius 2 is 1.50 bits per heavy atom. The van der Waals surface area contributed by atoms with Crippen molar-refractivity contribution >= 4 is 10.9 Å². The van der Waals surface area contributed by atoms with Crippen molar-refractivity contribution in [2.45, 2.75) is 0 Å². The maximum Gasteiger partial charge on any atom is 0.260 e. The van der Waals surface area contributed by atoms with Crippen molar-refractivity contribution in [2.75, 3.05) is 0 Å². The summed E-state index contributed by atoms with van der Waals surface area (Å²) in [6.45, 7) is 0. The second-order valence-corrected chi connectivity index (χ2v) is 6.52. The molecule has 1 N–H and O–H groups in total. The number of hydrogen-bond donors (Lipinski definition) is 1. The number of fused-ring (bicyclic) bond motifs is 1. The zero-order valence-corrected chi connectivity index (χ0v) is 14.9. The monoisotopic (exact) mass is 364 g/mol. The molecule has 0 amide bonds. The van der Waals surface area contributed by atoms with Crippen LogP contribution in [-0.2, 0) is 0 Å². The van der Waals surface area contributed by atoms with Crippen LogP contribution in [0.4, 0.5) is 0 Å². The zero-order valence-electron chi connectivity index (χ0n) is 14.9. The van der Waals surface area contributed by atoms with Gasteiger partial charge in [0.2, 0.25) is 5.95 Å². The molecule has 0 saturated heterocycles. The summed E-state index contributed by atoms with van der Waals surface area (Å²) in [5.41, 5.74) is 4.78. The highest BCUT2D eigenvalue weighted by molar-refractivity contribution is 5.85. The first-order chi connectivity index (χ1) is 13.8. The molecule has 0 radical (unpaired) electrons. The average Bonchev–Trinajstić information content (AvgIpc) is 3.29. The van der Waals surface area contributed by atoms with Gasteiger partial charge in [-0.25, -0.2) is 9.67 Å². The summed E-state index contributed by atoms with van der Waals surface area (Å²) in [5.74, 6) is 0.404. The SMILES string of the molecule is O=c1[nH]c(-n2cccn2)nc2ccc(-c3cccc(-c4ccccc4)c3)cc12. The molecule has 0 unspecified atom stereocenters. The summed E-state index contributed by atoms with van der Waals surface area (Å²) in [5, 5.41) is 4.68. The molecule has 3 aromatic carbocycles. The van der Waals surface area contributed by atoms with E-state index in [-0.39, 0.29) is 5.56 Å². The molecule has 0 saturated carbocycles. The second-order valence-electron chi connectivity index (χ2n) is 6.52. The van der Waals surface area contributed by atoms with E-state index >= 15 is 0 Å². The summed E-state index contributed by atoms with van der Waals surface area (Å²) in [6.07, 6.45) is 3.39. The Morgan fingerprint density at radius 3 is 2.29 bits per heavy atom. The van der Waals surface area contributed by atoms with Crippen molar-refractivity contribution in [1.82, 2.24) is 19.7 Å². The molecule has 0 bridgehead atoms. The number of hydrogen-bond acceptors (Lipinski definition) is 3. The smallest absolute Gasteiger partial charge is 0.260 e. The minimum atomic E-state index is -0.184. The van der Waals surface area contributed by atoms with Gasteiger partial charge in [0.25, 0.3) is 5.56 Å². The largest absolute Gasteiger partial charge is 0.290 e. The molecular weight excluding hydrogens is 348 g/mol. The molecule has 5 rings (SSSR count). The molecule has 28 heavy (non-hydrogen) atoms. The predicted molar refractivity (Wildman–Crippen MR) is 110 cm³/mol. The van der Waals surface area contributed by atoms with Crippen LogP contribution in [0.3, 0.4) is 0 Å². The lowest BCUT2D eigenvalue weighted by molar-refractivity contribution is 0.810. The Kier molecular flexibility index (Phi) is 3.84. The number of benzene rings is 3. The van der Waals surface area contributed by atoms with Crippen molar-refractivity contribution < 1.29 is 0 Å². The van der Waals surface area contributed by atoms with E-state index in [4.69, 9.17) is 0 Å². The van der Waals surface area contributed by atoms with Gasteiger partial charge >= 0.3 is 0 Å². The minimum Gasteiger partial charge on any atom is -0.290 e. The number of rotatable bonds is 3. The molecule has 5 nitrogen and oxygen atoms in total. The summed E-state index contributed by atoms with van der Waals surface area (Å²) in [7, 11) is 0. The van der Waals surface area contributed by atoms with Crippen LogP contribution >= 0.6 is 0 Å². The normalized spacial score (nSPS) is 11.0. The molecule has 2 aromatic heterocycles. The van der Waals surface area contributed by atoms with Gasteiger partial charge in [0.1, 0.15) is 0 Å². The van der Waals surface area contributed by atoms with Crippen LogP contribution in [0.2, 0.25) is 0 Å². The molecular formula is C23H16N4O. The lowest BCUT2D eigenvalue weighted by Crippen LogP contribution is -2.13. The van der Waals surface area contributed by atoms with Crippen LogP contribution in [0.15, 0.2) is 96.1 Å². The van der Waals surface area contributed by atoms with Crippen molar-refractivity contribution in [2.24, 2.45) is 0 Å². The van der Waals surface area contributed by atoms with E-state index in [1.165, 1.54) is 4.68 Å². The third-order valence-corrected chi connectivity index (χ3v) is 4.72. The maximum atomic E-state index is 12.6. The van der Waals surface area contributed by atoms with Crippen LogP contribution in [-0.4, -0.2) is 19.7 Å². The summed E-state index contributed by atoms with van der Waals surface area (Å²) in [6, 6.07) is 26.1. The summed E-state index contributed by atoms with van der Waals surface area (Å²) >= 11 is 0. The van der Waals surface area contributed by atoms with Crippen LogP contribution in [0.5, 0.6) is 0 Å². The van der Waals surface area contributed by atoms with E-state index in [0.717, 1.165) is 22.3 Å². The van der Waals surface area contributed by atoms with E-state index < -0.39 is 0 Å². The van der Waals surface area contributed by atoms with E-state index in [1.807, 2.05) is 48.5 Å². The molecule has 0 spiro atoms. The Morgan fingerprint density at radius 1 is 0.750 bits per heavy atom. The maximum absolute atomic E-state index is 12.6. The highest BCUT2D eigenvalue weighted by Gasteiger charge is 2.08. The van der Waals surface area contributed by atoms with E-state index in [2.05, 4.69) is 39.3 Å². The molecule has 134 valence electrons. The van der Waals surface area contributed by atoms with Crippen molar-refractivity contribution in [3.05, 3.63) is 102 Å². The van der Waals surface area contributed by atoms with Gasteiger partial charge in [0, 0.05) is 12.4 Å². The van der Waals surface area contributed by atoms with Crippen molar-refractivity contribution in [3.8, 4) is 28.2 Å². The molecule has 0 aliphatic heterocycles. The zero-order chi connectivity index (χ0) is 18.9. The molecule has 0 fully saturated rings. The van der Waals surface area contributed by atoms with Gasteiger partial charge in [0.15, 0.2) is 0 Å². The summed E-state index contributed by atoms with van der Waals surface area (Å²) in [4.78, 5) is 20.0. The Balaban J connectivity index is 1.60. The molecule has 0 atom stereocenters. The van der Waals surface area contributed by atoms with Gasteiger partial charge in [-0.2, -0.15) is 5.10 Å². The van der Waals surface area contributed by atoms with Crippen molar-refractivity contribution in [1.29, 1.82) is 0 Å². The summed E-state index contributed by atoms with van der Waals surface area (Å²) < 4.78 is 1.54. The number of H-pyrrole nitrogens is 1. The van der Waals surface area contributed by atoms with Gasteiger partial charge in [0.05, 0.1) is 10.9 Å². The molecule has 2 heterocycles. The lowest BCUT2D eigenvalue weighted by atomic mass is 9.98. The topological polar surface area (TPSA) is 63.6 Å². The van der Waals surface area contributed by atoms with E-state index in [9.17, 15) is 4.79 Å². The molecule has 5 heteroatoms. The van der Waals surface area contributed by atoms with Gasteiger partial charge in [-0.05, 0) is 46.5 Å².